The Kier molecular flexibility index (Phi) is 7.06. The van der Waals surface area contributed by atoms with E-state index in [-0.39, 0.29) is 23.0 Å². The number of benzene rings is 2. The molecule has 1 amide bonds. The third-order valence-electron chi connectivity index (χ3n) is 6.45. The van der Waals surface area contributed by atoms with Gasteiger partial charge < -0.3 is 10.8 Å². The molecule has 0 radical (unpaired) electrons. The zero-order chi connectivity index (χ0) is 26.2. The van der Waals surface area contributed by atoms with E-state index in [0.717, 1.165) is 22.3 Å². The first-order chi connectivity index (χ1) is 16.2. The molecular formula is C29H34N2O4. The van der Waals surface area contributed by atoms with Crippen molar-refractivity contribution in [3.63, 3.8) is 0 Å². The van der Waals surface area contributed by atoms with E-state index < -0.39 is 23.4 Å². The summed E-state index contributed by atoms with van der Waals surface area (Å²) in [5.41, 5.74) is 10.3. The molecule has 1 aromatic heterocycles. The average Bonchev–Trinajstić information content (AvgIpc) is 2.74. The van der Waals surface area contributed by atoms with Crippen molar-refractivity contribution >= 4 is 11.9 Å². The fraction of sp³-hybridized carbons (Fsp3) is 0.345. The molecule has 1 atom stereocenters. The quantitative estimate of drug-likeness (QED) is 0.496. The molecule has 184 valence electrons. The monoisotopic (exact) mass is 474 g/mol. The summed E-state index contributed by atoms with van der Waals surface area (Å²) >= 11 is 0. The summed E-state index contributed by atoms with van der Waals surface area (Å²) in [6.45, 7) is 13.5. The van der Waals surface area contributed by atoms with E-state index >= 15 is 0 Å². The minimum Gasteiger partial charge on any atom is -0.481 e. The summed E-state index contributed by atoms with van der Waals surface area (Å²) in [5.74, 6) is -3.12. The highest BCUT2D eigenvalue weighted by molar-refractivity contribution is 5.99. The van der Waals surface area contributed by atoms with Gasteiger partial charge in [0.25, 0.3) is 11.5 Å². The number of amides is 1. The topological polar surface area (TPSA) is 102 Å². The number of aryl methyl sites for hydroxylation is 3. The van der Waals surface area contributed by atoms with E-state index in [1.54, 1.807) is 6.92 Å². The molecule has 0 spiro atoms. The molecular weight excluding hydrogens is 440 g/mol. The first-order valence-corrected chi connectivity index (χ1v) is 11.7. The van der Waals surface area contributed by atoms with Crippen molar-refractivity contribution in [3.05, 3.63) is 86.3 Å². The smallest absolute Gasteiger partial charge is 0.311 e. The van der Waals surface area contributed by atoms with Crippen LogP contribution in [-0.2, 0) is 4.79 Å². The summed E-state index contributed by atoms with van der Waals surface area (Å²) < 4.78 is 1.47. The number of hydrogen-bond donors (Lipinski definition) is 2. The van der Waals surface area contributed by atoms with Crippen molar-refractivity contribution in [2.75, 3.05) is 0 Å². The number of hydrogen-bond acceptors (Lipinski definition) is 3. The van der Waals surface area contributed by atoms with Crippen LogP contribution in [0.25, 0.3) is 16.8 Å². The van der Waals surface area contributed by atoms with E-state index in [4.69, 9.17) is 5.73 Å². The Bertz CT molecular complexity index is 1360. The summed E-state index contributed by atoms with van der Waals surface area (Å²) in [5, 5.41) is 10.3. The van der Waals surface area contributed by atoms with Crippen LogP contribution in [0.4, 0.5) is 0 Å². The molecule has 0 aliphatic rings. The Hall–Kier alpha value is -3.67. The number of nitrogens with two attached hydrogens (primary N) is 1. The van der Waals surface area contributed by atoms with Crippen molar-refractivity contribution in [3.8, 4) is 16.8 Å². The van der Waals surface area contributed by atoms with Gasteiger partial charge in [-0.15, -0.1) is 0 Å². The van der Waals surface area contributed by atoms with E-state index in [1.165, 1.54) is 4.57 Å². The molecule has 35 heavy (non-hydrogen) atoms. The van der Waals surface area contributed by atoms with Crippen molar-refractivity contribution in [1.29, 1.82) is 0 Å². The normalized spacial score (nSPS) is 12.4. The van der Waals surface area contributed by atoms with Crippen LogP contribution in [0.1, 0.15) is 71.4 Å². The highest BCUT2D eigenvalue weighted by Crippen LogP contribution is 2.40. The summed E-state index contributed by atoms with van der Waals surface area (Å²) in [6, 6.07) is 13.2. The number of aliphatic carboxylic acids is 1. The molecule has 6 heteroatoms. The molecule has 6 nitrogen and oxygen atoms in total. The number of carbonyl (C=O) groups excluding carboxylic acids is 1. The number of rotatable bonds is 6. The lowest BCUT2D eigenvalue weighted by molar-refractivity contribution is -0.139. The highest BCUT2D eigenvalue weighted by atomic mass is 16.4. The lowest BCUT2D eigenvalue weighted by atomic mass is 9.77. The van der Waals surface area contributed by atoms with Crippen LogP contribution in [0, 0.1) is 33.1 Å². The Morgan fingerprint density at radius 3 is 2.06 bits per heavy atom. The van der Waals surface area contributed by atoms with Crippen LogP contribution in [0.15, 0.2) is 47.3 Å². The maximum atomic E-state index is 13.8. The fourth-order valence-electron chi connectivity index (χ4n) is 4.58. The van der Waals surface area contributed by atoms with Gasteiger partial charge in [-0.05, 0) is 73.9 Å². The van der Waals surface area contributed by atoms with Gasteiger partial charge in [0.05, 0.1) is 5.92 Å². The molecule has 0 saturated heterocycles. The Morgan fingerprint density at radius 2 is 1.57 bits per heavy atom. The Labute approximate surface area is 206 Å². The molecule has 0 fully saturated rings. The number of carboxylic acid groups (broad SMARTS) is 1. The summed E-state index contributed by atoms with van der Waals surface area (Å²) in [7, 11) is 0. The minimum absolute atomic E-state index is 0.186. The van der Waals surface area contributed by atoms with Gasteiger partial charge in [0.2, 0.25) is 0 Å². The van der Waals surface area contributed by atoms with Crippen molar-refractivity contribution < 1.29 is 14.7 Å². The Balaban J connectivity index is 2.56. The minimum atomic E-state index is -1.10. The van der Waals surface area contributed by atoms with Crippen molar-refractivity contribution in [2.24, 2.45) is 11.1 Å². The number of carboxylic acids is 1. The van der Waals surface area contributed by atoms with Crippen LogP contribution in [-0.4, -0.2) is 21.6 Å². The van der Waals surface area contributed by atoms with Gasteiger partial charge in [-0.3, -0.25) is 19.0 Å². The third kappa shape index (κ3) is 5.21. The lowest BCUT2D eigenvalue weighted by Crippen LogP contribution is -2.35. The number of primary amides is 1. The van der Waals surface area contributed by atoms with Crippen LogP contribution in [0.2, 0.25) is 0 Å². The third-order valence-corrected chi connectivity index (χ3v) is 6.45. The van der Waals surface area contributed by atoms with Gasteiger partial charge >= 0.3 is 5.97 Å². The number of carbonyl (C=O) groups is 2. The summed E-state index contributed by atoms with van der Waals surface area (Å²) in [6.07, 6.45) is 0.230. The fourth-order valence-corrected chi connectivity index (χ4v) is 4.58. The second kappa shape index (κ2) is 9.53. The van der Waals surface area contributed by atoms with E-state index in [2.05, 4.69) is 0 Å². The SMILES string of the molecule is Cc1ccc(-c2c(C(CC(C)(C)C)C(=O)O)c(C(N)=O)c(=O)n(-c3ccc(C)c(C)c3)c2C)cc1. The standard InChI is InChI=1S/C29H34N2O4/c1-16-8-11-20(12-9-16)23-19(4)31(21-13-10-17(2)18(3)14-21)27(33)25(26(30)32)24(23)22(28(34)35)15-29(5,6)7/h8-14,22H,15H2,1-7H3,(H2,30,32)(H,34,35). The largest absolute Gasteiger partial charge is 0.481 e. The molecule has 0 aliphatic heterocycles. The molecule has 2 aromatic carbocycles. The molecule has 3 aromatic rings. The molecule has 1 unspecified atom stereocenters. The van der Waals surface area contributed by atoms with Gasteiger partial charge in [-0.2, -0.15) is 0 Å². The van der Waals surface area contributed by atoms with E-state index in [9.17, 15) is 19.5 Å². The predicted octanol–water partition coefficient (Wildman–Crippen LogP) is 5.44. The molecule has 1 heterocycles. The van der Waals surface area contributed by atoms with Gasteiger partial charge in [-0.1, -0.05) is 56.7 Å². The number of aromatic nitrogens is 1. The molecule has 0 saturated carbocycles. The molecule has 3 rings (SSSR count). The second-order valence-electron chi connectivity index (χ2n) is 10.5. The molecule has 3 N–H and O–H groups in total. The van der Waals surface area contributed by atoms with Crippen LogP contribution in [0.3, 0.4) is 0 Å². The van der Waals surface area contributed by atoms with Gasteiger partial charge in [-0.25, -0.2) is 0 Å². The maximum Gasteiger partial charge on any atom is 0.311 e. The molecule has 0 bridgehead atoms. The van der Waals surface area contributed by atoms with Crippen LogP contribution in [0.5, 0.6) is 0 Å². The zero-order valence-corrected chi connectivity index (χ0v) is 21.5. The van der Waals surface area contributed by atoms with Gasteiger partial charge in [0, 0.05) is 16.9 Å². The van der Waals surface area contributed by atoms with E-state index in [0.29, 0.717) is 16.9 Å². The van der Waals surface area contributed by atoms with Crippen LogP contribution < -0.4 is 11.3 Å². The average molecular weight is 475 g/mol. The second-order valence-corrected chi connectivity index (χ2v) is 10.5. The van der Waals surface area contributed by atoms with Crippen molar-refractivity contribution in [1.82, 2.24) is 4.57 Å². The highest BCUT2D eigenvalue weighted by Gasteiger charge is 2.35. The van der Waals surface area contributed by atoms with E-state index in [1.807, 2.05) is 84.0 Å². The van der Waals surface area contributed by atoms with Gasteiger partial charge in [0.15, 0.2) is 0 Å². The number of nitrogens with zero attached hydrogens (tertiary/aromatic N) is 1. The first-order valence-electron chi connectivity index (χ1n) is 11.7. The zero-order valence-electron chi connectivity index (χ0n) is 21.5. The molecule has 0 aliphatic carbocycles. The lowest BCUT2D eigenvalue weighted by Gasteiger charge is -2.28. The van der Waals surface area contributed by atoms with Crippen molar-refractivity contribution in [2.45, 2.75) is 60.8 Å². The first kappa shape index (κ1) is 25.9. The maximum absolute atomic E-state index is 13.8. The van der Waals surface area contributed by atoms with Gasteiger partial charge in [0.1, 0.15) is 5.56 Å². The predicted molar refractivity (Wildman–Crippen MR) is 139 cm³/mol. The van der Waals surface area contributed by atoms with Crippen LogP contribution >= 0.6 is 0 Å². The Morgan fingerprint density at radius 1 is 0.971 bits per heavy atom. The summed E-state index contributed by atoms with van der Waals surface area (Å²) in [4.78, 5) is 39.2. The number of pyridine rings is 1.